The number of ether oxygens (including phenoxy) is 1. The Kier molecular flexibility index (Phi) is 4.31. The number of ketones is 1. The minimum atomic E-state index is -0.584. The zero-order chi connectivity index (χ0) is 18.1. The van der Waals surface area contributed by atoms with E-state index in [4.69, 9.17) is 4.74 Å². The van der Waals surface area contributed by atoms with Gasteiger partial charge in [-0.2, -0.15) is 0 Å². The molecule has 1 aromatic carbocycles. The smallest absolute Gasteiger partial charge is 0.332 e. The molecule has 0 radical (unpaired) electrons. The van der Waals surface area contributed by atoms with E-state index >= 15 is 0 Å². The summed E-state index contributed by atoms with van der Waals surface area (Å²) in [4.78, 5) is 37.4. The number of aromatic nitrogens is 2. The lowest BCUT2D eigenvalue weighted by Crippen LogP contribution is -2.40. The Balaban J connectivity index is 2.13. The quantitative estimate of drug-likeness (QED) is 0.855. The topological polar surface area (TPSA) is 82.3 Å². The molecule has 2 heterocycles. The van der Waals surface area contributed by atoms with Gasteiger partial charge in [-0.3, -0.25) is 18.7 Å². The highest BCUT2D eigenvalue weighted by atomic mass is 16.5. The maximum absolute atomic E-state index is 12.7. The van der Waals surface area contributed by atoms with E-state index in [-0.39, 0.29) is 17.1 Å². The van der Waals surface area contributed by atoms with Crippen LogP contribution in [0.25, 0.3) is 6.08 Å². The monoisotopic (exact) mass is 341 g/mol. The molecule has 130 valence electrons. The molecule has 0 unspecified atom stereocenters. The van der Waals surface area contributed by atoms with Gasteiger partial charge in [-0.15, -0.1) is 0 Å². The van der Waals surface area contributed by atoms with Crippen molar-refractivity contribution in [2.75, 3.05) is 12.4 Å². The van der Waals surface area contributed by atoms with Gasteiger partial charge >= 0.3 is 5.69 Å². The number of carbonyl (C=O) groups is 1. The van der Waals surface area contributed by atoms with E-state index in [1.807, 2.05) is 19.1 Å². The predicted molar refractivity (Wildman–Crippen MR) is 95.2 cm³/mol. The number of fused-ring (bicyclic) bond motifs is 1. The molecule has 1 aliphatic rings. The molecule has 7 nitrogen and oxygen atoms in total. The van der Waals surface area contributed by atoms with Crippen LogP contribution in [0.4, 0.5) is 5.82 Å². The highest BCUT2D eigenvalue weighted by Gasteiger charge is 2.32. The normalized spacial score (nSPS) is 14.5. The Morgan fingerprint density at radius 1 is 1.24 bits per heavy atom. The van der Waals surface area contributed by atoms with E-state index < -0.39 is 17.0 Å². The van der Waals surface area contributed by atoms with Gasteiger partial charge in [0, 0.05) is 13.6 Å². The first-order valence-corrected chi connectivity index (χ1v) is 7.99. The molecule has 2 aromatic rings. The highest BCUT2D eigenvalue weighted by Crippen LogP contribution is 2.26. The number of nitrogens with zero attached hydrogens (tertiary/aromatic N) is 2. The largest absolute Gasteiger partial charge is 0.497 e. The van der Waals surface area contributed by atoms with Crippen molar-refractivity contribution in [3.63, 3.8) is 0 Å². The fourth-order valence-corrected chi connectivity index (χ4v) is 2.85. The average molecular weight is 341 g/mol. The van der Waals surface area contributed by atoms with Crippen LogP contribution in [0.5, 0.6) is 5.75 Å². The van der Waals surface area contributed by atoms with Gasteiger partial charge in [-0.25, -0.2) is 4.79 Å². The first-order valence-electron chi connectivity index (χ1n) is 7.99. The summed E-state index contributed by atoms with van der Waals surface area (Å²) >= 11 is 0. The third-order valence-electron chi connectivity index (χ3n) is 4.12. The van der Waals surface area contributed by atoms with Crippen molar-refractivity contribution >= 4 is 17.7 Å². The minimum absolute atomic E-state index is 0.00435. The van der Waals surface area contributed by atoms with Crippen molar-refractivity contribution < 1.29 is 9.53 Å². The van der Waals surface area contributed by atoms with Crippen molar-refractivity contribution in [3.05, 3.63) is 61.9 Å². The minimum Gasteiger partial charge on any atom is -0.497 e. The van der Waals surface area contributed by atoms with Crippen LogP contribution < -0.4 is 21.3 Å². The molecule has 1 N–H and O–H groups in total. The van der Waals surface area contributed by atoms with Gasteiger partial charge in [0.05, 0.1) is 12.8 Å². The van der Waals surface area contributed by atoms with Crippen molar-refractivity contribution in [3.8, 4) is 5.75 Å². The molecule has 1 aliphatic heterocycles. The Morgan fingerprint density at radius 2 is 2.00 bits per heavy atom. The molecule has 0 fully saturated rings. The van der Waals surface area contributed by atoms with E-state index in [2.05, 4.69) is 5.32 Å². The number of allylic oxidation sites excluding steroid dienone is 1. The Bertz CT molecular complexity index is 998. The molecular weight excluding hydrogens is 322 g/mol. The van der Waals surface area contributed by atoms with Crippen molar-refractivity contribution in [2.45, 2.75) is 19.9 Å². The number of nitrogens with one attached hydrogen (secondary N) is 1. The molecule has 0 saturated carbocycles. The van der Waals surface area contributed by atoms with E-state index in [1.54, 1.807) is 25.3 Å². The number of hydrogen-bond donors (Lipinski definition) is 1. The molecule has 0 atom stereocenters. The molecule has 0 amide bonds. The van der Waals surface area contributed by atoms with E-state index in [0.717, 1.165) is 10.1 Å². The van der Waals surface area contributed by atoms with E-state index in [0.29, 0.717) is 18.7 Å². The van der Waals surface area contributed by atoms with Gasteiger partial charge in [0.25, 0.3) is 5.56 Å². The first kappa shape index (κ1) is 16.8. The van der Waals surface area contributed by atoms with E-state index in [9.17, 15) is 14.4 Å². The summed E-state index contributed by atoms with van der Waals surface area (Å²) in [6.07, 6.45) is 2.35. The van der Waals surface area contributed by atoms with Crippen LogP contribution in [0.2, 0.25) is 0 Å². The Hall–Kier alpha value is -3.09. The number of anilines is 1. The molecule has 7 heteroatoms. The molecular formula is C18H19N3O4. The summed E-state index contributed by atoms with van der Waals surface area (Å²) in [5.74, 6) is 0.522. The standard InChI is InChI=1S/C18H19N3O4/c1-4-8-21-16-14(17(23)20(2)18(21)24)15(22)13(19-16)10-11-6-5-7-12(9-11)25-3/h5-7,9-10,19H,4,8H2,1-3H3. The van der Waals surface area contributed by atoms with Crippen LogP contribution in [0.1, 0.15) is 29.3 Å². The summed E-state index contributed by atoms with van der Waals surface area (Å²) in [6, 6.07) is 7.21. The van der Waals surface area contributed by atoms with Crippen LogP contribution in [0.3, 0.4) is 0 Å². The number of rotatable bonds is 4. The zero-order valence-corrected chi connectivity index (χ0v) is 14.3. The second kappa shape index (κ2) is 6.43. The average Bonchev–Trinajstić information content (AvgIpc) is 2.93. The Labute approximate surface area is 144 Å². The number of benzene rings is 1. The second-order valence-corrected chi connectivity index (χ2v) is 5.81. The van der Waals surface area contributed by atoms with Crippen LogP contribution >= 0.6 is 0 Å². The van der Waals surface area contributed by atoms with Crippen LogP contribution in [-0.4, -0.2) is 22.0 Å². The lowest BCUT2D eigenvalue weighted by Gasteiger charge is -2.11. The Morgan fingerprint density at radius 3 is 2.68 bits per heavy atom. The number of hydrogen-bond acceptors (Lipinski definition) is 5. The SMILES string of the molecule is CCCn1c2c(c(=O)n(C)c1=O)C(=O)C(=Cc1cccc(OC)c1)N2. The fraction of sp³-hybridized carbons (Fsp3) is 0.278. The maximum Gasteiger partial charge on any atom is 0.332 e. The molecule has 1 aromatic heterocycles. The van der Waals surface area contributed by atoms with Crippen LogP contribution in [0, 0.1) is 0 Å². The predicted octanol–water partition coefficient (Wildman–Crippen LogP) is 1.61. The number of carbonyl (C=O) groups excluding carboxylic acids is 1. The molecule has 0 aliphatic carbocycles. The summed E-state index contributed by atoms with van der Waals surface area (Å²) in [6.45, 7) is 2.34. The van der Waals surface area contributed by atoms with Gasteiger partial charge in [0.1, 0.15) is 17.1 Å². The van der Waals surface area contributed by atoms with Crippen molar-refractivity contribution in [1.82, 2.24) is 9.13 Å². The first-order chi connectivity index (χ1) is 12.0. The number of methoxy groups -OCH3 is 1. The molecule has 0 bridgehead atoms. The summed E-state index contributed by atoms with van der Waals surface area (Å²) in [5.41, 5.74) is -0.00264. The van der Waals surface area contributed by atoms with Gasteiger partial charge in [-0.1, -0.05) is 19.1 Å². The maximum atomic E-state index is 12.7. The van der Waals surface area contributed by atoms with Crippen LogP contribution in [0.15, 0.2) is 39.6 Å². The summed E-state index contributed by atoms with van der Waals surface area (Å²) in [5, 5.41) is 2.95. The third-order valence-corrected chi connectivity index (χ3v) is 4.12. The zero-order valence-electron chi connectivity index (χ0n) is 14.3. The second-order valence-electron chi connectivity index (χ2n) is 5.81. The highest BCUT2D eigenvalue weighted by molar-refractivity contribution is 6.19. The van der Waals surface area contributed by atoms with E-state index in [1.165, 1.54) is 11.6 Å². The van der Waals surface area contributed by atoms with Gasteiger partial charge in [-0.05, 0) is 30.2 Å². The molecule has 25 heavy (non-hydrogen) atoms. The molecule has 3 rings (SSSR count). The third kappa shape index (κ3) is 2.77. The molecule has 0 spiro atoms. The summed E-state index contributed by atoms with van der Waals surface area (Å²) < 4.78 is 7.58. The van der Waals surface area contributed by atoms with Gasteiger partial charge < -0.3 is 10.1 Å². The lowest BCUT2D eigenvalue weighted by molar-refractivity contribution is 0.104. The fourth-order valence-electron chi connectivity index (χ4n) is 2.85. The van der Waals surface area contributed by atoms with Crippen molar-refractivity contribution in [2.24, 2.45) is 7.05 Å². The molecule has 0 saturated heterocycles. The van der Waals surface area contributed by atoms with Gasteiger partial charge in [0.2, 0.25) is 5.78 Å². The summed E-state index contributed by atoms with van der Waals surface area (Å²) in [7, 11) is 2.95. The number of Topliss-reactive ketones (excluding diaryl/α,β-unsaturated/α-hetero) is 1. The van der Waals surface area contributed by atoms with Gasteiger partial charge in [0.15, 0.2) is 0 Å². The lowest BCUT2D eigenvalue weighted by atomic mass is 10.1. The van der Waals surface area contributed by atoms with Crippen LogP contribution in [-0.2, 0) is 13.6 Å². The van der Waals surface area contributed by atoms with Crippen molar-refractivity contribution in [1.29, 1.82) is 0 Å².